The predicted octanol–water partition coefficient (Wildman–Crippen LogP) is 3.33. The summed E-state index contributed by atoms with van der Waals surface area (Å²) in [5, 5.41) is 5.16. The van der Waals surface area contributed by atoms with Gasteiger partial charge in [0.25, 0.3) is 0 Å². The summed E-state index contributed by atoms with van der Waals surface area (Å²) in [5.74, 6) is 0. The molecule has 6 heteroatoms. The van der Waals surface area contributed by atoms with Crippen molar-refractivity contribution in [2.45, 2.75) is 6.42 Å². The lowest BCUT2D eigenvalue weighted by Gasteiger charge is -2.24. The maximum atomic E-state index is 6.13. The number of rotatable bonds is 1. The first-order chi connectivity index (χ1) is 9.06. The van der Waals surface area contributed by atoms with E-state index in [0.29, 0.717) is 15.2 Å². The topological polar surface area (TPSA) is 18.5 Å². The Kier molecular flexibility index (Phi) is 5.28. The molecule has 1 aromatic carbocycles. The summed E-state index contributed by atoms with van der Waals surface area (Å²) in [6, 6.07) is 5.32. The van der Waals surface area contributed by atoms with E-state index in [-0.39, 0.29) is 0 Å². The molecular weight excluding hydrogens is 301 g/mol. The van der Waals surface area contributed by atoms with E-state index in [1.165, 1.54) is 0 Å². The lowest BCUT2D eigenvalue weighted by molar-refractivity contribution is 0.347. The lowest BCUT2D eigenvalue weighted by atomic mass is 10.3. The van der Waals surface area contributed by atoms with Crippen LogP contribution in [0.5, 0.6) is 0 Å². The largest absolute Gasteiger partial charge is 0.348 e. The van der Waals surface area contributed by atoms with E-state index in [1.807, 2.05) is 0 Å². The summed E-state index contributed by atoms with van der Waals surface area (Å²) in [7, 11) is 2.13. The number of anilines is 1. The molecule has 2 rings (SSSR count). The lowest BCUT2D eigenvalue weighted by Crippen LogP contribution is -2.37. The van der Waals surface area contributed by atoms with E-state index in [1.54, 1.807) is 18.2 Å². The fourth-order valence-electron chi connectivity index (χ4n) is 2.04. The van der Waals surface area contributed by atoms with Crippen LogP contribution in [-0.4, -0.2) is 48.1 Å². The van der Waals surface area contributed by atoms with Crippen LogP contribution in [0.25, 0.3) is 0 Å². The molecule has 0 aliphatic carbocycles. The van der Waals surface area contributed by atoms with Crippen molar-refractivity contribution in [1.82, 2.24) is 9.80 Å². The van der Waals surface area contributed by atoms with Crippen LogP contribution in [-0.2, 0) is 0 Å². The first kappa shape index (κ1) is 14.9. The van der Waals surface area contributed by atoms with Crippen LogP contribution < -0.4 is 5.32 Å². The average molecular weight is 318 g/mol. The number of hydrogen-bond acceptors (Lipinski definition) is 2. The second-order valence-electron chi connectivity index (χ2n) is 4.70. The van der Waals surface area contributed by atoms with Crippen molar-refractivity contribution < 1.29 is 0 Å². The summed E-state index contributed by atoms with van der Waals surface area (Å²) in [6.45, 7) is 4.02. The van der Waals surface area contributed by atoms with Crippen molar-refractivity contribution in [3.63, 3.8) is 0 Å². The number of thiocarbonyl (C=S) groups is 1. The van der Waals surface area contributed by atoms with E-state index in [4.69, 9.17) is 35.4 Å². The van der Waals surface area contributed by atoms with Gasteiger partial charge in [-0.1, -0.05) is 23.2 Å². The van der Waals surface area contributed by atoms with E-state index in [0.717, 1.165) is 38.3 Å². The van der Waals surface area contributed by atoms with Crippen molar-refractivity contribution in [2.24, 2.45) is 0 Å². The molecule has 19 heavy (non-hydrogen) atoms. The Morgan fingerprint density at radius 2 is 2.00 bits per heavy atom. The minimum atomic E-state index is 0.624. The number of benzene rings is 1. The molecule has 0 spiro atoms. The van der Waals surface area contributed by atoms with E-state index >= 15 is 0 Å². The molecule has 1 aromatic rings. The Labute approximate surface area is 129 Å². The van der Waals surface area contributed by atoms with Gasteiger partial charge in [-0.25, -0.2) is 0 Å². The van der Waals surface area contributed by atoms with E-state index in [2.05, 4.69) is 22.2 Å². The van der Waals surface area contributed by atoms with Gasteiger partial charge in [0, 0.05) is 24.7 Å². The molecule has 0 radical (unpaired) electrons. The second-order valence-corrected chi connectivity index (χ2v) is 5.93. The molecule has 0 atom stereocenters. The van der Waals surface area contributed by atoms with Gasteiger partial charge in [0.2, 0.25) is 0 Å². The van der Waals surface area contributed by atoms with Crippen molar-refractivity contribution in [1.29, 1.82) is 0 Å². The Bertz CT molecular complexity index is 467. The molecule has 1 saturated heterocycles. The van der Waals surface area contributed by atoms with Gasteiger partial charge in [0.15, 0.2) is 5.11 Å². The zero-order valence-electron chi connectivity index (χ0n) is 10.8. The number of hydrogen-bond donors (Lipinski definition) is 1. The summed E-state index contributed by atoms with van der Waals surface area (Å²) >= 11 is 17.5. The van der Waals surface area contributed by atoms with Gasteiger partial charge in [0.05, 0.1) is 10.7 Å². The quantitative estimate of drug-likeness (QED) is 0.800. The van der Waals surface area contributed by atoms with Crippen LogP contribution in [0.1, 0.15) is 6.42 Å². The normalized spacial score (nSPS) is 17.1. The van der Waals surface area contributed by atoms with Crippen molar-refractivity contribution >= 4 is 46.2 Å². The van der Waals surface area contributed by atoms with Gasteiger partial charge in [-0.15, -0.1) is 0 Å². The first-order valence-electron chi connectivity index (χ1n) is 6.26. The van der Waals surface area contributed by atoms with Crippen LogP contribution in [0.15, 0.2) is 18.2 Å². The molecule has 0 amide bonds. The standard InChI is InChI=1S/C13H17Cl2N3S/c1-17-5-2-6-18(8-7-17)13(19)16-12-9-10(14)3-4-11(12)15/h3-4,9H,2,5-8H2,1H3,(H,16,19). The summed E-state index contributed by atoms with van der Waals surface area (Å²) in [6.07, 6.45) is 1.11. The molecular formula is C13H17Cl2N3S. The Morgan fingerprint density at radius 1 is 1.21 bits per heavy atom. The molecule has 0 saturated carbocycles. The first-order valence-corrected chi connectivity index (χ1v) is 7.42. The highest BCUT2D eigenvalue weighted by Crippen LogP contribution is 2.25. The van der Waals surface area contributed by atoms with Crippen molar-refractivity contribution in [2.75, 3.05) is 38.5 Å². The zero-order chi connectivity index (χ0) is 13.8. The molecule has 1 aliphatic heterocycles. The van der Waals surface area contributed by atoms with Gasteiger partial charge >= 0.3 is 0 Å². The van der Waals surface area contributed by atoms with Crippen LogP contribution in [0.2, 0.25) is 10.0 Å². The van der Waals surface area contributed by atoms with Gasteiger partial charge < -0.3 is 15.1 Å². The second kappa shape index (κ2) is 6.75. The van der Waals surface area contributed by atoms with Gasteiger partial charge in [-0.3, -0.25) is 0 Å². The number of nitrogens with zero attached hydrogens (tertiary/aromatic N) is 2. The van der Waals surface area contributed by atoms with Gasteiger partial charge in [-0.2, -0.15) is 0 Å². The van der Waals surface area contributed by atoms with Crippen LogP contribution in [0, 0.1) is 0 Å². The molecule has 1 fully saturated rings. The number of likely N-dealkylation sites (N-methyl/N-ethyl adjacent to an activating group) is 1. The third-order valence-electron chi connectivity index (χ3n) is 3.18. The van der Waals surface area contributed by atoms with Gasteiger partial charge in [0.1, 0.15) is 0 Å². The molecule has 1 heterocycles. The summed E-state index contributed by atoms with van der Waals surface area (Å²) < 4.78 is 0. The maximum absolute atomic E-state index is 6.13. The summed E-state index contributed by atoms with van der Waals surface area (Å²) in [4.78, 5) is 4.49. The molecule has 1 N–H and O–H groups in total. The van der Waals surface area contributed by atoms with Crippen LogP contribution in [0.4, 0.5) is 5.69 Å². The highest BCUT2D eigenvalue weighted by molar-refractivity contribution is 7.80. The minimum Gasteiger partial charge on any atom is -0.348 e. The third-order valence-corrected chi connectivity index (χ3v) is 4.10. The number of nitrogens with one attached hydrogen (secondary N) is 1. The fraction of sp³-hybridized carbons (Fsp3) is 0.462. The highest BCUT2D eigenvalue weighted by atomic mass is 35.5. The Balaban J connectivity index is 2.02. The van der Waals surface area contributed by atoms with Crippen LogP contribution >= 0.6 is 35.4 Å². The molecule has 0 unspecified atom stereocenters. The van der Waals surface area contributed by atoms with Crippen LogP contribution in [0.3, 0.4) is 0 Å². The molecule has 0 bridgehead atoms. The third kappa shape index (κ3) is 4.21. The molecule has 3 nitrogen and oxygen atoms in total. The molecule has 104 valence electrons. The zero-order valence-corrected chi connectivity index (χ0v) is 13.2. The molecule has 0 aromatic heterocycles. The summed E-state index contributed by atoms with van der Waals surface area (Å²) in [5.41, 5.74) is 0.761. The Morgan fingerprint density at radius 3 is 2.79 bits per heavy atom. The number of halogens is 2. The Hall–Kier alpha value is -0.550. The van der Waals surface area contributed by atoms with Crippen molar-refractivity contribution in [3.8, 4) is 0 Å². The maximum Gasteiger partial charge on any atom is 0.173 e. The molecule has 1 aliphatic rings. The smallest absolute Gasteiger partial charge is 0.173 e. The average Bonchev–Trinajstić information content (AvgIpc) is 2.59. The fourth-order valence-corrected chi connectivity index (χ4v) is 2.67. The SMILES string of the molecule is CN1CCCN(C(=S)Nc2cc(Cl)ccc2Cl)CC1. The van der Waals surface area contributed by atoms with E-state index < -0.39 is 0 Å². The van der Waals surface area contributed by atoms with Gasteiger partial charge in [-0.05, 0) is 50.4 Å². The van der Waals surface area contributed by atoms with E-state index in [9.17, 15) is 0 Å². The highest BCUT2D eigenvalue weighted by Gasteiger charge is 2.15. The predicted molar refractivity (Wildman–Crippen MR) is 86.4 cm³/mol. The van der Waals surface area contributed by atoms with Crippen molar-refractivity contribution in [3.05, 3.63) is 28.2 Å². The monoisotopic (exact) mass is 317 g/mol. The minimum absolute atomic E-state index is 0.624.